The van der Waals surface area contributed by atoms with Crippen LogP contribution in [0.25, 0.3) is 0 Å². The Kier molecular flexibility index (Phi) is 7.74. The maximum atomic E-state index is 13.3. The molecule has 5 nitrogen and oxygen atoms in total. The van der Waals surface area contributed by atoms with Crippen LogP contribution >= 0.6 is 11.3 Å². The Morgan fingerprint density at radius 2 is 1.48 bits per heavy atom. The lowest BCUT2D eigenvalue weighted by atomic mass is 9.94. The van der Waals surface area contributed by atoms with Gasteiger partial charge in [-0.25, -0.2) is 9.37 Å². The number of benzene rings is 2. The molecule has 0 atom stereocenters. The van der Waals surface area contributed by atoms with Crippen LogP contribution in [0.2, 0.25) is 0 Å². The average molecular weight is 469 g/mol. The molecule has 33 heavy (non-hydrogen) atoms. The van der Waals surface area contributed by atoms with Gasteiger partial charge in [0.05, 0.1) is 12.2 Å². The summed E-state index contributed by atoms with van der Waals surface area (Å²) in [6.45, 7) is 12.3. The molecule has 7 heteroatoms. The van der Waals surface area contributed by atoms with Gasteiger partial charge >= 0.3 is 0 Å². The number of thiazole rings is 1. The third-order valence-electron chi connectivity index (χ3n) is 5.54. The number of hydrogen-bond acceptors (Lipinski definition) is 5. The highest BCUT2D eigenvalue weighted by molar-refractivity contribution is 7.13. The first-order chi connectivity index (χ1) is 15.6. The lowest BCUT2D eigenvalue weighted by Crippen LogP contribution is -2.39. The molecule has 0 bridgehead atoms. The van der Waals surface area contributed by atoms with E-state index in [9.17, 15) is 9.18 Å². The van der Waals surface area contributed by atoms with Gasteiger partial charge in [0.2, 0.25) is 5.91 Å². The number of hydrogen-bond donors (Lipinski definition) is 0. The molecule has 0 saturated heterocycles. The summed E-state index contributed by atoms with van der Waals surface area (Å²) in [5, 5.41) is 2.76. The predicted molar refractivity (Wildman–Crippen MR) is 137 cm³/mol. The standard InChI is InChI=1S/C26H33FN4OS/c1-7-30(8-2)22-13-15-23(16-14-22)31(24(32)26(3,4)5)17-20-18-33-25(28-20)29(6)21-11-9-19(27)10-12-21/h9-16,18H,7-8,17H2,1-6H3. The molecular weight excluding hydrogens is 435 g/mol. The molecule has 0 unspecified atom stereocenters. The van der Waals surface area contributed by atoms with Crippen molar-refractivity contribution in [2.45, 2.75) is 41.2 Å². The Morgan fingerprint density at radius 1 is 0.939 bits per heavy atom. The van der Waals surface area contributed by atoms with Crippen molar-refractivity contribution in [1.82, 2.24) is 4.98 Å². The Hall–Kier alpha value is -2.93. The Bertz CT molecular complexity index is 1050. The quantitative estimate of drug-likeness (QED) is 0.380. The summed E-state index contributed by atoms with van der Waals surface area (Å²) in [6.07, 6.45) is 0. The van der Waals surface area contributed by atoms with E-state index in [0.717, 1.165) is 41.0 Å². The van der Waals surface area contributed by atoms with E-state index in [1.54, 1.807) is 12.1 Å². The maximum absolute atomic E-state index is 13.3. The first-order valence-corrected chi connectivity index (χ1v) is 12.1. The highest BCUT2D eigenvalue weighted by Gasteiger charge is 2.29. The molecular formula is C26H33FN4OS. The van der Waals surface area contributed by atoms with Crippen LogP contribution in [0, 0.1) is 11.2 Å². The van der Waals surface area contributed by atoms with Gasteiger partial charge in [0.25, 0.3) is 0 Å². The van der Waals surface area contributed by atoms with Crippen LogP contribution in [0.3, 0.4) is 0 Å². The van der Waals surface area contributed by atoms with E-state index in [0.29, 0.717) is 6.54 Å². The third-order valence-corrected chi connectivity index (χ3v) is 6.50. The van der Waals surface area contributed by atoms with Gasteiger partial charge in [-0.2, -0.15) is 0 Å². The molecule has 0 radical (unpaired) electrons. The molecule has 0 aliphatic heterocycles. The second-order valence-corrected chi connectivity index (χ2v) is 9.82. The average Bonchev–Trinajstić information content (AvgIpc) is 3.26. The zero-order valence-corrected chi connectivity index (χ0v) is 21.1. The smallest absolute Gasteiger partial charge is 0.232 e. The van der Waals surface area contributed by atoms with Gasteiger partial charge in [0, 0.05) is 48.0 Å². The first kappa shape index (κ1) is 24.7. The molecule has 1 heterocycles. The number of anilines is 4. The van der Waals surface area contributed by atoms with Crippen LogP contribution < -0.4 is 14.7 Å². The highest BCUT2D eigenvalue weighted by atomic mass is 32.1. The molecule has 0 spiro atoms. The number of amides is 1. The van der Waals surface area contributed by atoms with Crippen molar-refractivity contribution >= 4 is 39.4 Å². The Balaban J connectivity index is 1.86. The number of carbonyl (C=O) groups is 1. The maximum Gasteiger partial charge on any atom is 0.232 e. The van der Waals surface area contributed by atoms with E-state index in [2.05, 4.69) is 30.9 Å². The first-order valence-electron chi connectivity index (χ1n) is 11.2. The zero-order chi connectivity index (χ0) is 24.2. The number of nitrogens with zero attached hydrogens (tertiary/aromatic N) is 4. The molecule has 2 aromatic carbocycles. The summed E-state index contributed by atoms with van der Waals surface area (Å²) in [5.41, 5.74) is 3.14. The zero-order valence-electron chi connectivity index (χ0n) is 20.3. The van der Waals surface area contributed by atoms with Crippen molar-refractivity contribution in [2.75, 3.05) is 34.8 Å². The molecule has 1 amide bonds. The number of aromatic nitrogens is 1. The molecule has 0 aliphatic rings. The summed E-state index contributed by atoms with van der Waals surface area (Å²) in [5.74, 6) is -0.227. The fraction of sp³-hybridized carbons (Fsp3) is 0.385. The lowest BCUT2D eigenvalue weighted by molar-refractivity contribution is -0.125. The predicted octanol–water partition coefficient (Wildman–Crippen LogP) is 6.48. The minimum absolute atomic E-state index is 0.0412. The van der Waals surface area contributed by atoms with Crippen molar-refractivity contribution < 1.29 is 9.18 Å². The van der Waals surface area contributed by atoms with Crippen molar-refractivity contribution in [3.8, 4) is 0 Å². The topological polar surface area (TPSA) is 39.7 Å². The molecule has 176 valence electrons. The summed E-state index contributed by atoms with van der Waals surface area (Å²) in [7, 11) is 1.90. The number of halogens is 1. The van der Waals surface area contributed by atoms with Gasteiger partial charge in [-0.3, -0.25) is 4.79 Å². The lowest BCUT2D eigenvalue weighted by Gasteiger charge is -2.30. The van der Waals surface area contributed by atoms with E-state index in [1.807, 2.05) is 55.1 Å². The van der Waals surface area contributed by atoms with Crippen LogP contribution in [-0.2, 0) is 11.3 Å². The molecule has 0 aliphatic carbocycles. The van der Waals surface area contributed by atoms with Crippen LogP contribution in [0.5, 0.6) is 0 Å². The summed E-state index contributed by atoms with van der Waals surface area (Å²) in [4.78, 5) is 24.1. The van der Waals surface area contributed by atoms with Gasteiger partial charge < -0.3 is 14.7 Å². The molecule has 0 N–H and O–H groups in total. The minimum Gasteiger partial charge on any atom is -0.372 e. The van der Waals surface area contributed by atoms with Crippen molar-refractivity contribution in [1.29, 1.82) is 0 Å². The molecule has 1 aromatic heterocycles. The van der Waals surface area contributed by atoms with E-state index in [-0.39, 0.29) is 11.7 Å². The van der Waals surface area contributed by atoms with Crippen LogP contribution in [0.1, 0.15) is 40.3 Å². The normalized spacial score (nSPS) is 11.4. The molecule has 0 saturated carbocycles. The van der Waals surface area contributed by atoms with Crippen LogP contribution in [0.15, 0.2) is 53.9 Å². The van der Waals surface area contributed by atoms with Gasteiger partial charge in [-0.05, 0) is 62.4 Å². The van der Waals surface area contributed by atoms with Crippen molar-refractivity contribution in [2.24, 2.45) is 5.41 Å². The van der Waals surface area contributed by atoms with Crippen molar-refractivity contribution in [3.05, 3.63) is 65.4 Å². The van der Waals surface area contributed by atoms with E-state index < -0.39 is 5.41 Å². The monoisotopic (exact) mass is 468 g/mol. The van der Waals surface area contributed by atoms with E-state index in [4.69, 9.17) is 4.98 Å². The van der Waals surface area contributed by atoms with Gasteiger partial charge in [-0.15, -0.1) is 11.3 Å². The number of carbonyl (C=O) groups excluding carboxylic acids is 1. The largest absolute Gasteiger partial charge is 0.372 e. The highest BCUT2D eigenvalue weighted by Crippen LogP contribution is 2.31. The van der Waals surface area contributed by atoms with E-state index >= 15 is 0 Å². The third kappa shape index (κ3) is 5.90. The van der Waals surface area contributed by atoms with Gasteiger partial charge in [0.15, 0.2) is 5.13 Å². The number of rotatable bonds is 8. The Labute approximate surface area is 200 Å². The molecule has 0 fully saturated rings. The summed E-state index contributed by atoms with van der Waals surface area (Å²) < 4.78 is 13.3. The second kappa shape index (κ2) is 10.3. The fourth-order valence-corrected chi connectivity index (χ4v) is 4.38. The molecule has 3 aromatic rings. The van der Waals surface area contributed by atoms with E-state index in [1.165, 1.54) is 23.5 Å². The summed E-state index contributed by atoms with van der Waals surface area (Å²) >= 11 is 1.50. The molecule has 3 rings (SSSR count). The Morgan fingerprint density at radius 3 is 2.03 bits per heavy atom. The van der Waals surface area contributed by atoms with Gasteiger partial charge in [0.1, 0.15) is 5.82 Å². The minimum atomic E-state index is -0.526. The van der Waals surface area contributed by atoms with Crippen LogP contribution in [0.4, 0.5) is 26.6 Å². The second-order valence-electron chi connectivity index (χ2n) is 8.99. The summed E-state index contributed by atoms with van der Waals surface area (Å²) in [6, 6.07) is 14.5. The van der Waals surface area contributed by atoms with Crippen LogP contribution in [-0.4, -0.2) is 31.0 Å². The van der Waals surface area contributed by atoms with Gasteiger partial charge in [-0.1, -0.05) is 20.8 Å². The SMILES string of the molecule is CCN(CC)c1ccc(N(Cc2csc(N(C)c3ccc(F)cc3)n2)C(=O)C(C)(C)C)cc1. The van der Waals surface area contributed by atoms with Crippen molar-refractivity contribution in [3.63, 3.8) is 0 Å². The fourth-order valence-electron chi connectivity index (χ4n) is 3.58.